The van der Waals surface area contributed by atoms with E-state index in [0.717, 1.165) is 24.2 Å². The van der Waals surface area contributed by atoms with Crippen LogP contribution in [0, 0.1) is 5.92 Å². The predicted molar refractivity (Wildman–Crippen MR) is 111 cm³/mol. The van der Waals surface area contributed by atoms with E-state index in [1.807, 2.05) is 24.3 Å². The van der Waals surface area contributed by atoms with Gasteiger partial charge in [0.05, 0.1) is 12.0 Å². The third-order valence-electron chi connectivity index (χ3n) is 5.07. The van der Waals surface area contributed by atoms with Gasteiger partial charge in [0.2, 0.25) is 0 Å². The Labute approximate surface area is 172 Å². The number of hydrazine groups is 1. The number of nitrogens with zero attached hydrogens (tertiary/aromatic N) is 1. The number of ether oxygens (including phenoxy) is 1. The van der Waals surface area contributed by atoms with E-state index in [2.05, 4.69) is 17.1 Å². The lowest BCUT2D eigenvalue weighted by atomic mass is 10.0. The topological polar surface area (TPSA) is 87.7 Å². The maximum atomic E-state index is 12.6. The Morgan fingerprint density at radius 3 is 2.28 bits per heavy atom. The zero-order valence-electron chi connectivity index (χ0n) is 16.7. The van der Waals surface area contributed by atoms with E-state index < -0.39 is 10.0 Å². The fourth-order valence-electron chi connectivity index (χ4n) is 3.14. The van der Waals surface area contributed by atoms with Gasteiger partial charge in [-0.15, -0.1) is 4.83 Å². The number of carbonyl (C=O) groups is 1. The molecule has 1 aliphatic rings. The van der Waals surface area contributed by atoms with Crippen molar-refractivity contribution in [2.45, 2.75) is 31.2 Å². The van der Waals surface area contributed by atoms with Crippen LogP contribution in [0.3, 0.4) is 0 Å². The molecule has 1 heterocycles. The Balaban J connectivity index is 1.57. The fraction of sp³-hybridized carbons (Fsp3) is 0.381. The van der Waals surface area contributed by atoms with E-state index >= 15 is 0 Å². The summed E-state index contributed by atoms with van der Waals surface area (Å²) < 4.78 is 30.2. The van der Waals surface area contributed by atoms with Crippen molar-refractivity contribution in [3.05, 3.63) is 59.7 Å². The van der Waals surface area contributed by atoms with Crippen molar-refractivity contribution in [2.24, 2.45) is 5.92 Å². The molecular formula is C21H27N3O4S. The summed E-state index contributed by atoms with van der Waals surface area (Å²) in [6, 6.07) is 13.4. The molecule has 0 spiro atoms. The number of hydrogen-bond acceptors (Lipinski definition) is 5. The van der Waals surface area contributed by atoms with Crippen LogP contribution < -0.4 is 14.9 Å². The molecule has 1 fully saturated rings. The molecule has 2 N–H and O–H groups in total. The van der Waals surface area contributed by atoms with Crippen LogP contribution in [0.15, 0.2) is 53.4 Å². The van der Waals surface area contributed by atoms with E-state index in [1.54, 1.807) is 12.1 Å². The summed E-state index contributed by atoms with van der Waals surface area (Å²) in [5.41, 5.74) is 1.35. The first-order chi connectivity index (χ1) is 13.9. The van der Waals surface area contributed by atoms with Crippen LogP contribution in [0.5, 0.6) is 5.75 Å². The SMILES string of the molecule is COc1ccc(CNC(=O)c2ccc(S(=O)(=O)NN3CCC(C)CC3)cc2)cc1. The van der Waals surface area contributed by atoms with Crippen molar-refractivity contribution in [2.75, 3.05) is 20.2 Å². The molecule has 0 aromatic heterocycles. The van der Waals surface area contributed by atoms with Gasteiger partial charge in [0.25, 0.3) is 15.9 Å². The van der Waals surface area contributed by atoms with Crippen molar-refractivity contribution in [3.63, 3.8) is 0 Å². The van der Waals surface area contributed by atoms with Gasteiger partial charge >= 0.3 is 0 Å². The minimum atomic E-state index is -3.65. The lowest BCUT2D eigenvalue weighted by Gasteiger charge is -2.30. The number of hydrogen-bond donors (Lipinski definition) is 2. The Kier molecular flexibility index (Phi) is 6.89. The maximum absolute atomic E-state index is 12.6. The summed E-state index contributed by atoms with van der Waals surface area (Å²) in [5.74, 6) is 1.11. The number of rotatable bonds is 7. The Morgan fingerprint density at radius 2 is 1.69 bits per heavy atom. The summed E-state index contributed by atoms with van der Waals surface area (Å²) in [7, 11) is -2.05. The summed E-state index contributed by atoms with van der Waals surface area (Å²) in [5, 5.41) is 4.57. The van der Waals surface area contributed by atoms with E-state index in [1.165, 1.54) is 24.3 Å². The number of amides is 1. The second-order valence-corrected chi connectivity index (χ2v) is 8.98. The highest BCUT2D eigenvalue weighted by Gasteiger charge is 2.22. The number of piperidine rings is 1. The minimum Gasteiger partial charge on any atom is -0.497 e. The molecule has 0 aliphatic carbocycles. The van der Waals surface area contributed by atoms with Crippen LogP contribution in [0.2, 0.25) is 0 Å². The van der Waals surface area contributed by atoms with Crippen LogP contribution >= 0.6 is 0 Å². The number of sulfonamides is 1. The third kappa shape index (κ3) is 5.79. The van der Waals surface area contributed by atoms with Crippen molar-refractivity contribution < 1.29 is 17.9 Å². The van der Waals surface area contributed by atoms with E-state index in [4.69, 9.17) is 4.74 Å². The van der Waals surface area contributed by atoms with Crippen LogP contribution in [0.25, 0.3) is 0 Å². The highest BCUT2D eigenvalue weighted by molar-refractivity contribution is 7.89. The highest BCUT2D eigenvalue weighted by Crippen LogP contribution is 2.17. The molecule has 2 aromatic rings. The summed E-state index contributed by atoms with van der Waals surface area (Å²) in [6.45, 7) is 3.95. The molecule has 0 saturated carbocycles. The molecule has 0 unspecified atom stereocenters. The van der Waals surface area contributed by atoms with Gasteiger partial charge in [-0.25, -0.2) is 13.4 Å². The molecule has 2 aromatic carbocycles. The molecule has 0 radical (unpaired) electrons. The predicted octanol–water partition coefficient (Wildman–Crippen LogP) is 2.55. The number of methoxy groups -OCH3 is 1. The van der Waals surface area contributed by atoms with Crippen LogP contribution in [-0.2, 0) is 16.6 Å². The molecule has 29 heavy (non-hydrogen) atoms. The molecule has 156 valence electrons. The zero-order valence-corrected chi connectivity index (χ0v) is 17.5. The molecule has 7 nitrogen and oxygen atoms in total. The summed E-state index contributed by atoms with van der Waals surface area (Å²) >= 11 is 0. The van der Waals surface area contributed by atoms with Crippen molar-refractivity contribution in [1.29, 1.82) is 0 Å². The van der Waals surface area contributed by atoms with Crippen molar-refractivity contribution in [1.82, 2.24) is 15.2 Å². The molecular weight excluding hydrogens is 390 g/mol. The molecule has 8 heteroatoms. The van der Waals surface area contributed by atoms with Gasteiger partial charge in [-0.2, -0.15) is 0 Å². The fourth-order valence-corrected chi connectivity index (χ4v) is 4.26. The van der Waals surface area contributed by atoms with Gasteiger partial charge in [0.1, 0.15) is 5.75 Å². The lowest BCUT2D eigenvalue weighted by molar-refractivity contribution is 0.0951. The van der Waals surface area contributed by atoms with Gasteiger partial charge in [0.15, 0.2) is 0 Å². The maximum Gasteiger partial charge on any atom is 0.253 e. The average Bonchev–Trinajstić information content (AvgIpc) is 2.74. The molecule has 0 bridgehead atoms. The minimum absolute atomic E-state index is 0.142. The van der Waals surface area contributed by atoms with Gasteiger partial charge < -0.3 is 10.1 Å². The first-order valence-corrected chi connectivity index (χ1v) is 11.1. The van der Waals surface area contributed by atoms with E-state index in [9.17, 15) is 13.2 Å². The average molecular weight is 418 g/mol. The first kappa shape index (κ1) is 21.3. The third-order valence-corrected chi connectivity index (χ3v) is 6.46. The number of nitrogens with one attached hydrogen (secondary N) is 2. The lowest BCUT2D eigenvalue weighted by Crippen LogP contribution is -2.46. The molecule has 1 aliphatic heterocycles. The van der Waals surface area contributed by atoms with Crippen molar-refractivity contribution >= 4 is 15.9 Å². The second-order valence-electron chi connectivity index (χ2n) is 7.32. The number of carbonyl (C=O) groups excluding carboxylic acids is 1. The molecule has 3 rings (SSSR count). The van der Waals surface area contributed by atoms with E-state index in [-0.39, 0.29) is 10.8 Å². The Bertz CT molecular complexity index is 919. The van der Waals surface area contributed by atoms with Gasteiger partial charge in [-0.1, -0.05) is 19.1 Å². The second kappa shape index (κ2) is 9.39. The standard InChI is InChI=1S/C21H27N3O4S/c1-16-11-13-24(14-12-16)23-29(26,27)20-9-5-18(6-10-20)21(25)22-15-17-3-7-19(28-2)8-4-17/h3-10,16,23H,11-15H2,1-2H3,(H,22,25). The molecule has 1 amide bonds. The van der Waals surface area contributed by atoms with Crippen LogP contribution in [-0.4, -0.2) is 39.5 Å². The smallest absolute Gasteiger partial charge is 0.253 e. The largest absolute Gasteiger partial charge is 0.497 e. The first-order valence-electron chi connectivity index (χ1n) is 9.66. The van der Waals surface area contributed by atoms with Crippen LogP contribution in [0.4, 0.5) is 0 Å². The molecule has 0 atom stereocenters. The van der Waals surface area contributed by atoms with Gasteiger partial charge in [0, 0.05) is 25.2 Å². The Morgan fingerprint density at radius 1 is 1.07 bits per heavy atom. The molecule has 1 saturated heterocycles. The van der Waals surface area contributed by atoms with E-state index in [0.29, 0.717) is 31.1 Å². The van der Waals surface area contributed by atoms with Gasteiger partial charge in [-0.3, -0.25) is 4.79 Å². The zero-order chi connectivity index (χ0) is 20.9. The highest BCUT2D eigenvalue weighted by atomic mass is 32.2. The van der Waals surface area contributed by atoms with Crippen LogP contribution in [0.1, 0.15) is 35.7 Å². The Hall–Kier alpha value is -2.42. The number of benzene rings is 2. The quantitative estimate of drug-likeness (QED) is 0.723. The summed E-state index contributed by atoms with van der Waals surface area (Å²) in [4.78, 5) is 15.1. The monoisotopic (exact) mass is 417 g/mol. The normalized spacial score (nSPS) is 15.8. The summed E-state index contributed by atoms with van der Waals surface area (Å²) in [6.07, 6.45) is 1.94. The van der Waals surface area contributed by atoms with Gasteiger partial charge in [-0.05, 0) is 60.7 Å². The van der Waals surface area contributed by atoms with Crippen molar-refractivity contribution in [3.8, 4) is 5.75 Å².